The fourth-order valence-electron chi connectivity index (χ4n) is 4.32. The number of aryl methyl sites for hydroxylation is 1. The monoisotopic (exact) mass is 446 g/mol. The lowest BCUT2D eigenvalue weighted by atomic mass is 9.95. The number of carboxylic acid groups (broad SMARTS) is 1. The highest BCUT2D eigenvalue weighted by Gasteiger charge is 2.48. The topological polar surface area (TPSA) is 99.1 Å². The molecule has 1 saturated carbocycles. The molecular formula is C23H26O7S. The molecule has 0 aromatic heterocycles. The van der Waals surface area contributed by atoms with Gasteiger partial charge in [-0.25, -0.2) is 4.79 Å². The molecule has 0 saturated heterocycles. The fourth-order valence-corrected chi connectivity index (χ4v) is 5.44. The van der Waals surface area contributed by atoms with Crippen LogP contribution in [-0.2, 0) is 25.5 Å². The van der Waals surface area contributed by atoms with E-state index in [9.17, 15) is 13.2 Å². The second kappa shape index (κ2) is 8.88. The van der Waals surface area contributed by atoms with Crippen molar-refractivity contribution in [1.82, 2.24) is 0 Å². The summed E-state index contributed by atoms with van der Waals surface area (Å²) in [6.45, 7) is 1.64. The van der Waals surface area contributed by atoms with E-state index in [4.69, 9.17) is 18.8 Å². The van der Waals surface area contributed by atoms with Gasteiger partial charge >= 0.3 is 5.97 Å². The van der Waals surface area contributed by atoms with Crippen molar-refractivity contribution in [3.05, 3.63) is 53.6 Å². The molecule has 166 valence electrons. The largest absolute Gasteiger partial charge is 0.485 e. The summed E-state index contributed by atoms with van der Waals surface area (Å²) in [6, 6.07) is 12.1. The molecule has 0 bridgehead atoms. The molecule has 2 aliphatic rings. The van der Waals surface area contributed by atoms with E-state index in [2.05, 4.69) is 6.92 Å². The van der Waals surface area contributed by atoms with Crippen molar-refractivity contribution in [3.63, 3.8) is 0 Å². The van der Waals surface area contributed by atoms with E-state index < -0.39 is 28.8 Å². The third-order valence-electron chi connectivity index (χ3n) is 5.81. The zero-order valence-corrected chi connectivity index (χ0v) is 18.1. The average Bonchev–Trinajstić information content (AvgIpc) is 3.31. The maximum Gasteiger partial charge on any atom is 0.341 e. The van der Waals surface area contributed by atoms with Crippen molar-refractivity contribution in [3.8, 4) is 11.5 Å². The standard InChI is InChI=1S/C23H26O7S/c1-2-3-5-15-8-10-16(11-9-15)31(26,27)30-19-13-12-18-22(19)17-6-4-7-20(23(17)29-18)28-14-21(24)25/h4,6-11,18-19,22H,2-3,5,12-14H2,1H3,(H,24,25). The van der Waals surface area contributed by atoms with Gasteiger partial charge in [0.2, 0.25) is 0 Å². The molecule has 0 spiro atoms. The number of fused-ring (bicyclic) bond motifs is 3. The summed E-state index contributed by atoms with van der Waals surface area (Å²) in [5.74, 6) is -0.505. The molecule has 3 atom stereocenters. The van der Waals surface area contributed by atoms with E-state index in [0.717, 1.165) is 30.4 Å². The Kier molecular flexibility index (Phi) is 6.20. The van der Waals surface area contributed by atoms with Crippen molar-refractivity contribution in [2.24, 2.45) is 0 Å². The quantitative estimate of drug-likeness (QED) is 0.583. The summed E-state index contributed by atoms with van der Waals surface area (Å²) in [6.07, 6.45) is 3.50. The molecule has 31 heavy (non-hydrogen) atoms. The molecular weight excluding hydrogens is 420 g/mol. The van der Waals surface area contributed by atoms with Crippen molar-refractivity contribution in [1.29, 1.82) is 0 Å². The lowest BCUT2D eigenvalue weighted by molar-refractivity contribution is -0.139. The van der Waals surface area contributed by atoms with E-state index in [0.29, 0.717) is 24.3 Å². The number of aliphatic carboxylic acids is 1. The fraction of sp³-hybridized carbons (Fsp3) is 0.435. The highest BCUT2D eigenvalue weighted by Crippen LogP contribution is 2.52. The Bertz CT molecular complexity index is 1050. The summed E-state index contributed by atoms with van der Waals surface area (Å²) >= 11 is 0. The summed E-state index contributed by atoms with van der Waals surface area (Å²) in [5.41, 5.74) is 1.90. The number of carbonyl (C=O) groups is 1. The molecule has 4 rings (SSSR count). The predicted octanol–water partition coefficient (Wildman–Crippen LogP) is 3.91. The Morgan fingerprint density at radius 3 is 2.65 bits per heavy atom. The Labute approximate surface area is 182 Å². The van der Waals surface area contributed by atoms with Gasteiger partial charge < -0.3 is 14.6 Å². The van der Waals surface area contributed by atoms with Crippen LogP contribution in [0.4, 0.5) is 0 Å². The Balaban J connectivity index is 1.51. The van der Waals surface area contributed by atoms with Crippen LogP contribution in [0.3, 0.4) is 0 Å². The van der Waals surface area contributed by atoms with E-state index in [1.807, 2.05) is 18.2 Å². The summed E-state index contributed by atoms with van der Waals surface area (Å²) < 4.78 is 42.8. The van der Waals surface area contributed by atoms with Crippen molar-refractivity contribution >= 4 is 16.1 Å². The minimum atomic E-state index is -3.92. The number of unbranched alkanes of at least 4 members (excludes halogenated alkanes) is 1. The Morgan fingerprint density at radius 1 is 1.16 bits per heavy atom. The van der Waals surface area contributed by atoms with E-state index in [1.165, 1.54) is 0 Å². The van der Waals surface area contributed by atoms with Crippen LogP contribution in [0, 0.1) is 0 Å². The zero-order valence-electron chi connectivity index (χ0n) is 17.3. The van der Waals surface area contributed by atoms with Gasteiger partial charge in [0.05, 0.1) is 16.9 Å². The molecule has 8 heteroatoms. The normalized spacial score (nSPS) is 21.9. The smallest absolute Gasteiger partial charge is 0.341 e. The van der Waals surface area contributed by atoms with Crippen LogP contribution in [0.15, 0.2) is 47.4 Å². The highest BCUT2D eigenvalue weighted by molar-refractivity contribution is 7.86. The van der Waals surface area contributed by atoms with Gasteiger partial charge in [0.25, 0.3) is 10.1 Å². The summed E-state index contributed by atoms with van der Waals surface area (Å²) in [5, 5.41) is 8.87. The second-order valence-corrected chi connectivity index (χ2v) is 9.52. The van der Waals surface area contributed by atoms with Gasteiger partial charge in [0.1, 0.15) is 6.10 Å². The lowest BCUT2D eigenvalue weighted by Crippen LogP contribution is -2.24. The molecule has 1 N–H and O–H groups in total. The first-order chi connectivity index (χ1) is 14.9. The average molecular weight is 447 g/mol. The molecule has 1 heterocycles. The van der Waals surface area contributed by atoms with Gasteiger partial charge in [-0.15, -0.1) is 0 Å². The van der Waals surface area contributed by atoms with Crippen LogP contribution in [0.25, 0.3) is 0 Å². The van der Waals surface area contributed by atoms with Gasteiger partial charge in [-0.1, -0.05) is 37.6 Å². The van der Waals surface area contributed by atoms with E-state index in [1.54, 1.807) is 24.3 Å². The maximum atomic E-state index is 12.9. The highest BCUT2D eigenvalue weighted by atomic mass is 32.2. The predicted molar refractivity (Wildman–Crippen MR) is 113 cm³/mol. The first-order valence-electron chi connectivity index (χ1n) is 10.6. The number of ether oxygens (including phenoxy) is 2. The van der Waals surface area contributed by atoms with Crippen LogP contribution in [0.5, 0.6) is 11.5 Å². The molecule has 0 amide bonds. The maximum absolute atomic E-state index is 12.9. The minimum absolute atomic E-state index is 0.147. The lowest BCUT2D eigenvalue weighted by Gasteiger charge is -2.18. The SMILES string of the molecule is CCCCc1ccc(S(=O)(=O)OC2CCC3Oc4c(OCC(=O)O)cccc4C32)cc1. The van der Waals surface area contributed by atoms with Crippen molar-refractivity contribution in [2.75, 3.05) is 6.61 Å². The molecule has 0 radical (unpaired) electrons. The van der Waals surface area contributed by atoms with Gasteiger partial charge in [0, 0.05) is 5.56 Å². The van der Waals surface area contributed by atoms with Crippen LogP contribution in [0.2, 0.25) is 0 Å². The number of hydrogen-bond donors (Lipinski definition) is 1. The van der Waals surface area contributed by atoms with Gasteiger partial charge in [-0.3, -0.25) is 4.18 Å². The molecule has 7 nitrogen and oxygen atoms in total. The molecule has 3 unspecified atom stereocenters. The third kappa shape index (κ3) is 4.55. The Hall–Kier alpha value is -2.58. The number of benzene rings is 2. The minimum Gasteiger partial charge on any atom is -0.485 e. The zero-order chi connectivity index (χ0) is 22.0. The summed E-state index contributed by atoms with van der Waals surface area (Å²) in [7, 11) is -3.92. The van der Waals surface area contributed by atoms with E-state index in [-0.39, 0.29) is 16.9 Å². The van der Waals surface area contributed by atoms with Gasteiger partial charge in [-0.05, 0) is 49.4 Å². The van der Waals surface area contributed by atoms with Crippen LogP contribution >= 0.6 is 0 Å². The molecule has 2 aromatic rings. The first-order valence-corrected chi connectivity index (χ1v) is 12.0. The first kappa shape index (κ1) is 21.6. The van der Waals surface area contributed by atoms with Crippen molar-refractivity contribution in [2.45, 2.75) is 62.0 Å². The number of hydrogen-bond acceptors (Lipinski definition) is 6. The number of rotatable bonds is 9. The number of para-hydroxylation sites is 1. The molecule has 1 fully saturated rings. The molecule has 1 aliphatic heterocycles. The summed E-state index contributed by atoms with van der Waals surface area (Å²) in [4.78, 5) is 11.0. The molecule has 1 aliphatic carbocycles. The second-order valence-electron chi connectivity index (χ2n) is 7.95. The van der Waals surface area contributed by atoms with E-state index >= 15 is 0 Å². The van der Waals surface area contributed by atoms with Crippen molar-refractivity contribution < 1.29 is 32.0 Å². The molecule has 2 aromatic carbocycles. The van der Waals surface area contributed by atoms with Crippen LogP contribution < -0.4 is 9.47 Å². The number of carboxylic acids is 1. The van der Waals surface area contributed by atoms with Crippen LogP contribution in [0.1, 0.15) is 49.7 Å². The van der Waals surface area contributed by atoms with Gasteiger partial charge in [0.15, 0.2) is 18.1 Å². The van der Waals surface area contributed by atoms with Gasteiger partial charge in [-0.2, -0.15) is 8.42 Å². The van der Waals surface area contributed by atoms with Crippen LogP contribution in [-0.4, -0.2) is 38.3 Å². The third-order valence-corrected chi connectivity index (χ3v) is 7.16. The Morgan fingerprint density at radius 2 is 1.94 bits per heavy atom.